The van der Waals surface area contributed by atoms with Crippen LogP contribution >= 0.6 is 43.2 Å². The smallest absolute Gasteiger partial charge is 0.0846 e. The molecule has 4 heteroatoms. The lowest BCUT2D eigenvalue weighted by atomic mass is 9.84. The number of hydrogen-bond donors (Lipinski definition) is 1. The van der Waals surface area contributed by atoms with Crippen molar-refractivity contribution in [3.05, 3.63) is 24.8 Å². The minimum absolute atomic E-state index is 0.192. The van der Waals surface area contributed by atoms with Crippen LogP contribution in [-0.2, 0) is 0 Å². The maximum Gasteiger partial charge on any atom is 0.0846 e. The van der Waals surface area contributed by atoms with Gasteiger partial charge in [-0.15, -0.1) is 11.3 Å². The van der Waals surface area contributed by atoms with Crippen LogP contribution in [0.25, 0.3) is 6.08 Å². The minimum atomic E-state index is 0.192. The van der Waals surface area contributed by atoms with E-state index in [4.69, 9.17) is 0 Å². The van der Waals surface area contributed by atoms with E-state index >= 15 is 0 Å². The average Bonchev–Trinajstić information content (AvgIpc) is 2.67. The van der Waals surface area contributed by atoms with Gasteiger partial charge in [0, 0.05) is 9.35 Å². The lowest BCUT2D eigenvalue weighted by molar-refractivity contribution is 0.295. The molecule has 1 nitrogen and oxygen atoms in total. The second-order valence-electron chi connectivity index (χ2n) is 4.48. The van der Waals surface area contributed by atoms with E-state index in [0.717, 1.165) is 8.26 Å². The van der Waals surface area contributed by atoms with Gasteiger partial charge in [0.2, 0.25) is 0 Å². The molecule has 1 N–H and O–H groups in total. The summed E-state index contributed by atoms with van der Waals surface area (Å²) in [5, 5.41) is 9.53. The first-order valence-corrected chi connectivity index (χ1v) is 8.37. The first-order chi connectivity index (χ1) is 8.20. The van der Waals surface area contributed by atoms with Crippen LogP contribution in [0.4, 0.5) is 0 Å². The molecule has 0 aliphatic heterocycles. The van der Waals surface area contributed by atoms with Crippen LogP contribution < -0.4 is 0 Å². The molecular weight excluding hydrogens is 364 g/mol. The fourth-order valence-corrected chi connectivity index (χ4v) is 4.45. The third-order valence-corrected chi connectivity index (χ3v) is 6.51. The van der Waals surface area contributed by atoms with Crippen molar-refractivity contribution in [2.45, 2.75) is 32.1 Å². The van der Waals surface area contributed by atoms with Crippen molar-refractivity contribution in [1.82, 2.24) is 0 Å². The maximum atomic E-state index is 9.53. The van der Waals surface area contributed by atoms with E-state index in [-0.39, 0.29) is 6.61 Å². The van der Waals surface area contributed by atoms with Crippen molar-refractivity contribution in [1.29, 1.82) is 0 Å². The highest BCUT2D eigenvalue weighted by molar-refractivity contribution is 9.13. The highest BCUT2D eigenvalue weighted by Crippen LogP contribution is 2.36. The third kappa shape index (κ3) is 3.66. The summed E-state index contributed by atoms with van der Waals surface area (Å²) in [5.41, 5.74) is 1.20. The summed E-state index contributed by atoms with van der Waals surface area (Å²) in [6.45, 7) is 0.192. The Kier molecular flexibility index (Phi) is 5.27. The number of halogens is 2. The van der Waals surface area contributed by atoms with Gasteiger partial charge in [-0.25, -0.2) is 0 Å². The quantitative estimate of drug-likeness (QED) is 0.762. The van der Waals surface area contributed by atoms with E-state index in [1.54, 1.807) is 11.3 Å². The predicted molar refractivity (Wildman–Crippen MR) is 81.4 cm³/mol. The molecule has 2 rings (SSSR count). The van der Waals surface area contributed by atoms with Crippen LogP contribution in [0.15, 0.2) is 19.9 Å². The topological polar surface area (TPSA) is 20.2 Å². The second-order valence-corrected chi connectivity index (χ2v) is 7.74. The summed E-state index contributed by atoms with van der Waals surface area (Å²) < 4.78 is 2.21. The molecular formula is C13H16Br2OS. The zero-order valence-electron chi connectivity index (χ0n) is 9.59. The van der Waals surface area contributed by atoms with Crippen LogP contribution in [0.5, 0.6) is 0 Å². The van der Waals surface area contributed by atoms with Gasteiger partial charge in [-0.2, -0.15) is 0 Å². The fourth-order valence-electron chi connectivity index (χ4n) is 2.38. The van der Waals surface area contributed by atoms with Gasteiger partial charge >= 0.3 is 0 Å². The standard InChI is InChI=1S/C13H16Br2OS/c14-12-7-11(17-13(12)15)6-10(8-16)9-4-2-1-3-5-9/h6-7,9,16H,1-5,8H2. The number of aliphatic hydroxyl groups is 1. The van der Waals surface area contributed by atoms with Crippen molar-refractivity contribution in [3.8, 4) is 0 Å². The molecule has 0 spiro atoms. The van der Waals surface area contributed by atoms with Gasteiger partial charge in [-0.05, 0) is 68.3 Å². The maximum absolute atomic E-state index is 9.53. The monoisotopic (exact) mass is 378 g/mol. The normalized spacial score (nSPS) is 18.6. The van der Waals surface area contributed by atoms with Crippen molar-refractivity contribution < 1.29 is 5.11 Å². The molecule has 0 radical (unpaired) electrons. The number of thiophene rings is 1. The molecule has 0 saturated heterocycles. The largest absolute Gasteiger partial charge is 0.392 e. The van der Waals surface area contributed by atoms with Gasteiger partial charge in [0.15, 0.2) is 0 Å². The van der Waals surface area contributed by atoms with Gasteiger partial charge in [-0.3, -0.25) is 0 Å². The first-order valence-electron chi connectivity index (χ1n) is 5.97. The summed E-state index contributed by atoms with van der Waals surface area (Å²) in [4.78, 5) is 1.21. The van der Waals surface area contributed by atoms with Gasteiger partial charge in [0.1, 0.15) is 0 Å². The Balaban J connectivity index is 2.16. The molecule has 1 saturated carbocycles. The highest BCUT2D eigenvalue weighted by atomic mass is 79.9. The van der Waals surface area contributed by atoms with E-state index in [1.807, 2.05) is 0 Å². The zero-order chi connectivity index (χ0) is 12.3. The Morgan fingerprint density at radius 1 is 1.35 bits per heavy atom. The molecule has 0 atom stereocenters. The highest BCUT2D eigenvalue weighted by Gasteiger charge is 2.17. The first kappa shape index (κ1) is 13.8. The predicted octanol–water partition coefficient (Wildman–Crippen LogP) is 5.23. The molecule has 94 valence electrons. The Morgan fingerprint density at radius 2 is 2.06 bits per heavy atom. The van der Waals surface area contributed by atoms with E-state index < -0.39 is 0 Å². The Morgan fingerprint density at radius 3 is 2.59 bits per heavy atom. The summed E-state index contributed by atoms with van der Waals surface area (Å²) in [5.74, 6) is 0.591. The van der Waals surface area contributed by atoms with E-state index in [0.29, 0.717) is 5.92 Å². The molecule has 1 aliphatic carbocycles. The number of hydrogen-bond acceptors (Lipinski definition) is 2. The zero-order valence-corrected chi connectivity index (χ0v) is 13.6. The molecule has 0 amide bonds. The van der Waals surface area contributed by atoms with Crippen LogP contribution in [0, 0.1) is 5.92 Å². The molecule has 1 aromatic heterocycles. The van der Waals surface area contributed by atoms with Crippen LogP contribution in [0.1, 0.15) is 37.0 Å². The van der Waals surface area contributed by atoms with Crippen molar-refractivity contribution in [2.75, 3.05) is 6.61 Å². The number of aliphatic hydroxyl groups excluding tert-OH is 1. The Bertz CT molecular complexity index is 386. The fraction of sp³-hybridized carbons (Fsp3) is 0.538. The van der Waals surface area contributed by atoms with Crippen LogP contribution in [0.2, 0.25) is 0 Å². The molecule has 1 heterocycles. The number of rotatable bonds is 3. The molecule has 1 aliphatic rings. The van der Waals surface area contributed by atoms with Gasteiger partial charge in [0.25, 0.3) is 0 Å². The van der Waals surface area contributed by atoms with Gasteiger partial charge < -0.3 is 5.11 Å². The van der Waals surface area contributed by atoms with Crippen LogP contribution in [-0.4, -0.2) is 11.7 Å². The summed E-state index contributed by atoms with van der Waals surface area (Å²) in [6, 6.07) is 2.10. The Labute approximate surface area is 123 Å². The van der Waals surface area contributed by atoms with Gasteiger partial charge in [-0.1, -0.05) is 19.3 Å². The summed E-state index contributed by atoms with van der Waals surface area (Å²) in [7, 11) is 0. The SMILES string of the molecule is OCC(=Cc1cc(Br)c(Br)s1)C1CCCCC1. The minimum Gasteiger partial charge on any atom is -0.392 e. The molecule has 0 bridgehead atoms. The molecule has 0 unspecified atom stereocenters. The van der Waals surface area contributed by atoms with E-state index in [1.165, 1.54) is 42.6 Å². The molecule has 1 fully saturated rings. The molecule has 17 heavy (non-hydrogen) atoms. The van der Waals surface area contributed by atoms with Gasteiger partial charge in [0.05, 0.1) is 10.4 Å². The van der Waals surface area contributed by atoms with E-state index in [9.17, 15) is 5.11 Å². The summed E-state index contributed by atoms with van der Waals surface area (Å²) in [6.07, 6.45) is 8.60. The van der Waals surface area contributed by atoms with Crippen molar-refractivity contribution in [2.24, 2.45) is 5.92 Å². The van der Waals surface area contributed by atoms with Crippen molar-refractivity contribution in [3.63, 3.8) is 0 Å². The van der Waals surface area contributed by atoms with Crippen molar-refractivity contribution >= 4 is 49.3 Å². The van der Waals surface area contributed by atoms with E-state index in [2.05, 4.69) is 44.0 Å². The Hall–Kier alpha value is 0.360. The average molecular weight is 380 g/mol. The van der Waals surface area contributed by atoms with Crippen LogP contribution in [0.3, 0.4) is 0 Å². The lowest BCUT2D eigenvalue weighted by Crippen LogP contribution is -2.11. The third-order valence-electron chi connectivity index (χ3n) is 3.30. The lowest BCUT2D eigenvalue weighted by Gasteiger charge is -2.23. The summed E-state index contributed by atoms with van der Waals surface area (Å²) >= 11 is 8.70. The molecule has 1 aromatic rings. The second kappa shape index (κ2) is 6.50. The molecule has 0 aromatic carbocycles.